The highest BCUT2D eigenvalue weighted by molar-refractivity contribution is 7.89. The number of carbonyl (C=O) groups excluding carboxylic acids is 1. The SMILES string of the molecule is O=C(NCC1CCOCC1)C1=Cc2cc(S(=O)(=O)N3CCCCCC3)ccc2C1. The van der Waals surface area contributed by atoms with Gasteiger partial charge in [-0.25, -0.2) is 8.42 Å². The van der Waals surface area contributed by atoms with E-state index in [-0.39, 0.29) is 5.91 Å². The number of hydrogen-bond acceptors (Lipinski definition) is 4. The van der Waals surface area contributed by atoms with Gasteiger partial charge in [0.1, 0.15) is 0 Å². The fraction of sp³-hybridized carbons (Fsp3) is 0.591. The van der Waals surface area contributed by atoms with Crippen molar-refractivity contribution in [2.45, 2.75) is 49.8 Å². The molecule has 0 spiro atoms. The molecule has 2 fully saturated rings. The quantitative estimate of drug-likeness (QED) is 0.798. The smallest absolute Gasteiger partial charge is 0.247 e. The largest absolute Gasteiger partial charge is 0.381 e. The van der Waals surface area contributed by atoms with E-state index in [1.807, 2.05) is 12.1 Å². The first-order valence-corrected chi connectivity index (χ1v) is 12.2. The van der Waals surface area contributed by atoms with Crippen LogP contribution in [-0.4, -0.2) is 51.5 Å². The van der Waals surface area contributed by atoms with Crippen LogP contribution in [0.1, 0.15) is 49.7 Å². The number of benzene rings is 1. The van der Waals surface area contributed by atoms with E-state index in [0.717, 1.165) is 62.9 Å². The number of carbonyl (C=O) groups is 1. The Kier molecular flexibility index (Phi) is 6.37. The molecule has 4 rings (SSSR count). The number of hydrogen-bond donors (Lipinski definition) is 1. The normalized spacial score (nSPS) is 21.3. The molecule has 1 aliphatic carbocycles. The minimum atomic E-state index is -3.48. The van der Waals surface area contributed by atoms with Crippen molar-refractivity contribution in [1.29, 1.82) is 0 Å². The maximum Gasteiger partial charge on any atom is 0.247 e. The fourth-order valence-corrected chi connectivity index (χ4v) is 5.90. The molecule has 2 aliphatic heterocycles. The Balaban J connectivity index is 1.44. The average molecular weight is 419 g/mol. The molecule has 158 valence electrons. The summed E-state index contributed by atoms with van der Waals surface area (Å²) in [6, 6.07) is 5.28. The number of amides is 1. The number of sulfonamides is 1. The highest BCUT2D eigenvalue weighted by Crippen LogP contribution is 2.29. The zero-order valence-corrected chi connectivity index (χ0v) is 17.7. The molecular formula is C22H30N2O4S. The lowest BCUT2D eigenvalue weighted by atomic mass is 10.0. The Morgan fingerprint density at radius 2 is 1.83 bits per heavy atom. The summed E-state index contributed by atoms with van der Waals surface area (Å²) in [7, 11) is -3.48. The number of nitrogens with zero attached hydrogens (tertiary/aromatic N) is 1. The van der Waals surface area contributed by atoms with E-state index in [9.17, 15) is 13.2 Å². The molecule has 0 atom stereocenters. The van der Waals surface area contributed by atoms with Gasteiger partial charge in [-0.05, 0) is 60.9 Å². The van der Waals surface area contributed by atoms with Gasteiger partial charge in [-0.2, -0.15) is 4.31 Å². The van der Waals surface area contributed by atoms with E-state index in [0.29, 0.717) is 42.4 Å². The lowest BCUT2D eigenvalue weighted by Crippen LogP contribution is -2.33. The first kappa shape index (κ1) is 20.6. The Bertz CT molecular complexity index is 880. The van der Waals surface area contributed by atoms with E-state index in [1.165, 1.54) is 0 Å². The first-order valence-electron chi connectivity index (χ1n) is 10.7. The predicted octanol–water partition coefficient (Wildman–Crippen LogP) is 2.73. The lowest BCUT2D eigenvalue weighted by Gasteiger charge is -2.22. The second-order valence-electron chi connectivity index (χ2n) is 8.29. The molecule has 1 aromatic rings. The molecule has 29 heavy (non-hydrogen) atoms. The highest BCUT2D eigenvalue weighted by atomic mass is 32.2. The Morgan fingerprint density at radius 3 is 2.55 bits per heavy atom. The topological polar surface area (TPSA) is 75.7 Å². The summed E-state index contributed by atoms with van der Waals surface area (Å²) in [6.45, 7) is 3.39. The van der Waals surface area contributed by atoms with Gasteiger partial charge in [-0.3, -0.25) is 4.79 Å². The molecule has 0 unspecified atom stereocenters. The maximum absolute atomic E-state index is 13.0. The molecule has 0 radical (unpaired) electrons. The van der Waals surface area contributed by atoms with Crippen LogP contribution in [0, 0.1) is 5.92 Å². The summed E-state index contributed by atoms with van der Waals surface area (Å²) in [6.07, 6.45) is 8.38. The van der Waals surface area contributed by atoms with Gasteiger partial charge in [0.15, 0.2) is 0 Å². The van der Waals surface area contributed by atoms with E-state index < -0.39 is 10.0 Å². The van der Waals surface area contributed by atoms with E-state index >= 15 is 0 Å². The lowest BCUT2D eigenvalue weighted by molar-refractivity contribution is -0.117. The van der Waals surface area contributed by atoms with E-state index in [1.54, 1.807) is 16.4 Å². The Labute approximate surface area is 173 Å². The van der Waals surface area contributed by atoms with Crippen molar-refractivity contribution in [2.24, 2.45) is 5.92 Å². The molecule has 7 heteroatoms. The van der Waals surface area contributed by atoms with Gasteiger partial charge in [0.2, 0.25) is 15.9 Å². The van der Waals surface area contributed by atoms with Gasteiger partial charge >= 0.3 is 0 Å². The molecule has 0 saturated carbocycles. The standard InChI is InChI=1S/C22H30N2O4S/c25-22(23-16-17-7-11-28-12-8-17)20-13-18-5-6-21(15-19(18)14-20)29(26,27)24-9-3-1-2-4-10-24/h5-6,14-15,17H,1-4,7-13,16H2,(H,23,25). The molecule has 2 heterocycles. The van der Waals surface area contributed by atoms with Crippen LogP contribution < -0.4 is 5.32 Å². The van der Waals surface area contributed by atoms with Crippen LogP contribution in [0.25, 0.3) is 6.08 Å². The zero-order valence-electron chi connectivity index (χ0n) is 16.9. The molecule has 1 N–H and O–H groups in total. The minimum absolute atomic E-state index is 0.0513. The van der Waals surface area contributed by atoms with Crippen molar-refractivity contribution in [3.63, 3.8) is 0 Å². The van der Waals surface area contributed by atoms with E-state index in [2.05, 4.69) is 5.32 Å². The summed E-state index contributed by atoms with van der Waals surface area (Å²) in [4.78, 5) is 12.9. The summed E-state index contributed by atoms with van der Waals surface area (Å²) in [5.74, 6) is 0.423. The van der Waals surface area contributed by atoms with Crippen LogP contribution in [0.4, 0.5) is 0 Å². The van der Waals surface area contributed by atoms with Crippen LogP contribution >= 0.6 is 0 Å². The van der Waals surface area contributed by atoms with Crippen LogP contribution in [0.5, 0.6) is 0 Å². The van der Waals surface area contributed by atoms with Gasteiger partial charge < -0.3 is 10.1 Å². The minimum Gasteiger partial charge on any atom is -0.381 e. The summed E-state index contributed by atoms with van der Waals surface area (Å²) < 4.78 is 33.1. The van der Waals surface area contributed by atoms with Crippen molar-refractivity contribution >= 4 is 22.0 Å². The second kappa shape index (κ2) is 8.98. The number of rotatable bonds is 5. The fourth-order valence-electron chi connectivity index (χ4n) is 4.35. The van der Waals surface area contributed by atoms with E-state index in [4.69, 9.17) is 4.74 Å². The van der Waals surface area contributed by atoms with Crippen LogP contribution in [0.2, 0.25) is 0 Å². The molecule has 1 aromatic carbocycles. The number of nitrogens with one attached hydrogen (secondary N) is 1. The third-order valence-corrected chi connectivity index (χ3v) is 8.11. The average Bonchev–Trinajstić information content (AvgIpc) is 2.97. The van der Waals surface area contributed by atoms with Crippen molar-refractivity contribution < 1.29 is 17.9 Å². The molecular weight excluding hydrogens is 388 g/mol. The molecule has 0 aromatic heterocycles. The highest BCUT2D eigenvalue weighted by Gasteiger charge is 2.27. The van der Waals surface area contributed by atoms with Gasteiger partial charge in [0.05, 0.1) is 4.90 Å². The predicted molar refractivity (Wildman–Crippen MR) is 112 cm³/mol. The molecule has 0 bridgehead atoms. The Hall–Kier alpha value is -1.70. The van der Waals surface area contributed by atoms with Gasteiger partial charge in [0, 0.05) is 44.8 Å². The Morgan fingerprint density at radius 1 is 1.10 bits per heavy atom. The van der Waals surface area contributed by atoms with Crippen LogP contribution in [-0.2, 0) is 26.0 Å². The van der Waals surface area contributed by atoms with Crippen molar-refractivity contribution in [3.8, 4) is 0 Å². The summed E-state index contributed by atoms with van der Waals surface area (Å²) in [5.41, 5.74) is 2.56. The van der Waals surface area contributed by atoms with Gasteiger partial charge in [-0.15, -0.1) is 0 Å². The second-order valence-corrected chi connectivity index (χ2v) is 10.2. The summed E-state index contributed by atoms with van der Waals surface area (Å²) >= 11 is 0. The zero-order chi connectivity index (χ0) is 20.3. The van der Waals surface area contributed by atoms with Gasteiger partial charge in [0.25, 0.3) is 0 Å². The molecule has 1 amide bonds. The van der Waals surface area contributed by atoms with Gasteiger partial charge in [-0.1, -0.05) is 18.9 Å². The van der Waals surface area contributed by atoms with Crippen molar-refractivity contribution in [2.75, 3.05) is 32.8 Å². The monoisotopic (exact) mass is 418 g/mol. The summed E-state index contributed by atoms with van der Waals surface area (Å²) in [5, 5.41) is 3.04. The molecule has 2 saturated heterocycles. The van der Waals surface area contributed by atoms with Crippen LogP contribution in [0.15, 0.2) is 28.7 Å². The third kappa shape index (κ3) is 4.73. The number of fused-ring (bicyclic) bond motifs is 1. The van der Waals surface area contributed by atoms with Crippen molar-refractivity contribution in [1.82, 2.24) is 9.62 Å². The first-order chi connectivity index (χ1) is 14.0. The molecule has 6 nitrogen and oxygen atoms in total. The van der Waals surface area contributed by atoms with Crippen molar-refractivity contribution in [3.05, 3.63) is 34.9 Å². The van der Waals surface area contributed by atoms with Crippen LogP contribution in [0.3, 0.4) is 0 Å². The third-order valence-electron chi connectivity index (χ3n) is 6.21. The number of ether oxygens (including phenoxy) is 1. The molecule has 3 aliphatic rings. The maximum atomic E-state index is 13.0.